The highest BCUT2D eigenvalue weighted by atomic mass is 79.9. The number of aromatic nitrogens is 1. The molecule has 12 heteroatoms. The molecule has 7 nitrogen and oxygen atoms in total. The van der Waals surface area contributed by atoms with Gasteiger partial charge in [-0.2, -0.15) is 18.3 Å². The second-order valence-corrected chi connectivity index (χ2v) is 11.0. The summed E-state index contributed by atoms with van der Waals surface area (Å²) in [5.41, 5.74) is 4.09. The maximum absolute atomic E-state index is 13.0. The summed E-state index contributed by atoms with van der Waals surface area (Å²) in [5, 5.41) is 11.1. The Labute approximate surface area is 257 Å². The second-order valence-electron chi connectivity index (χ2n) is 9.28. The molecule has 0 bridgehead atoms. The van der Waals surface area contributed by atoms with Gasteiger partial charge in [0, 0.05) is 11.1 Å². The molecule has 0 radical (unpaired) electrons. The van der Waals surface area contributed by atoms with E-state index in [0.717, 1.165) is 28.5 Å². The number of benzene rings is 4. The number of thiazole rings is 1. The first kappa shape index (κ1) is 30.1. The van der Waals surface area contributed by atoms with Crippen LogP contribution >= 0.6 is 27.3 Å². The van der Waals surface area contributed by atoms with Crippen molar-refractivity contribution >= 4 is 61.0 Å². The van der Waals surface area contributed by atoms with Crippen LogP contribution in [0.25, 0.3) is 10.8 Å². The van der Waals surface area contributed by atoms with Crippen LogP contribution in [-0.4, -0.2) is 24.2 Å². The number of carbonyl (C=O) groups is 1. The summed E-state index contributed by atoms with van der Waals surface area (Å²) < 4.78 is 51.2. The van der Waals surface area contributed by atoms with Gasteiger partial charge in [-0.05, 0) is 68.2 Å². The molecule has 0 spiro atoms. The largest absolute Gasteiger partial charge is 0.493 e. The van der Waals surface area contributed by atoms with E-state index in [1.165, 1.54) is 29.7 Å². The Hall–Kier alpha value is -4.42. The Balaban J connectivity index is 1.17. The zero-order valence-electron chi connectivity index (χ0n) is 22.6. The normalized spacial score (nSPS) is 11.6. The number of anilines is 2. The molecule has 0 saturated carbocycles. The molecule has 0 aliphatic heterocycles. The van der Waals surface area contributed by atoms with E-state index < -0.39 is 17.6 Å². The van der Waals surface area contributed by atoms with Gasteiger partial charge in [0.05, 0.1) is 35.5 Å². The van der Waals surface area contributed by atoms with Crippen molar-refractivity contribution < 1.29 is 27.4 Å². The number of hydrogen-bond acceptors (Lipinski definition) is 7. The number of amides is 1. The highest BCUT2D eigenvalue weighted by Crippen LogP contribution is 2.37. The topological polar surface area (TPSA) is 84.8 Å². The number of rotatable bonds is 10. The smallest absolute Gasteiger partial charge is 0.416 e. The van der Waals surface area contributed by atoms with Gasteiger partial charge in [-0.15, -0.1) is 11.3 Å². The molecule has 1 heterocycles. The maximum Gasteiger partial charge on any atom is 0.416 e. The van der Waals surface area contributed by atoms with Crippen LogP contribution < -0.4 is 20.2 Å². The van der Waals surface area contributed by atoms with Crippen LogP contribution in [-0.2, 0) is 24.0 Å². The van der Waals surface area contributed by atoms with Crippen LogP contribution in [0.5, 0.6) is 11.5 Å². The molecule has 0 atom stereocenters. The Morgan fingerprint density at radius 2 is 1.86 bits per heavy atom. The molecule has 43 heavy (non-hydrogen) atoms. The number of nitrogens with one attached hydrogen (secondary N) is 2. The van der Waals surface area contributed by atoms with Crippen molar-refractivity contribution in [1.29, 1.82) is 0 Å². The van der Waals surface area contributed by atoms with E-state index in [4.69, 9.17) is 9.47 Å². The summed E-state index contributed by atoms with van der Waals surface area (Å²) in [6.07, 6.45) is -3.03. The Morgan fingerprint density at radius 3 is 2.67 bits per heavy atom. The second kappa shape index (κ2) is 13.3. The summed E-state index contributed by atoms with van der Waals surface area (Å²) in [5.74, 6) is 0.619. The van der Waals surface area contributed by atoms with Crippen molar-refractivity contribution in [2.24, 2.45) is 5.10 Å². The third-order valence-electron chi connectivity index (χ3n) is 6.24. The van der Waals surface area contributed by atoms with Crippen molar-refractivity contribution in [3.8, 4) is 11.5 Å². The predicted molar refractivity (Wildman–Crippen MR) is 165 cm³/mol. The van der Waals surface area contributed by atoms with Gasteiger partial charge in [0.15, 0.2) is 16.6 Å². The van der Waals surface area contributed by atoms with E-state index in [9.17, 15) is 18.0 Å². The van der Waals surface area contributed by atoms with E-state index in [-0.39, 0.29) is 12.1 Å². The van der Waals surface area contributed by atoms with Gasteiger partial charge in [0.2, 0.25) is 5.91 Å². The number of nitrogens with zero attached hydrogens (tertiary/aromatic N) is 2. The molecule has 4 aromatic carbocycles. The van der Waals surface area contributed by atoms with Gasteiger partial charge in [0.1, 0.15) is 6.61 Å². The van der Waals surface area contributed by atoms with Crippen LogP contribution in [0.2, 0.25) is 0 Å². The number of hydrogen-bond donors (Lipinski definition) is 2. The molecule has 0 unspecified atom stereocenters. The fourth-order valence-corrected chi connectivity index (χ4v) is 5.55. The Bertz CT molecular complexity index is 1790. The Kier molecular flexibility index (Phi) is 9.27. The minimum atomic E-state index is -4.44. The van der Waals surface area contributed by atoms with Crippen molar-refractivity contribution in [3.63, 3.8) is 0 Å². The minimum Gasteiger partial charge on any atom is -0.493 e. The first-order valence-corrected chi connectivity index (χ1v) is 14.5. The van der Waals surface area contributed by atoms with E-state index in [1.807, 2.05) is 24.3 Å². The van der Waals surface area contributed by atoms with E-state index >= 15 is 0 Å². The lowest BCUT2D eigenvalue weighted by molar-refractivity contribution is -0.137. The molecule has 0 fully saturated rings. The zero-order valence-corrected chi connectivity index (χ0v) is 25.0. The minimum absolute atomic E-state index is 0.0634. The summed E-state index contributed by atoms with van der Waals surface area (Å²) in [4.78, 5) is 16.7. The number of ether oxygens (including phenoxy) is 2. The molecule has 5 aromatic rings. The van der Waals surface area contributed by atoms with Gasteiger partial charge in [-0.25, -0.2) is 10.4 Å². The van der Waals surface area contributed by atoms with E-state index in [1.54, 1.807) is 24.6 Å². The Morgan fingerprint density at radius 1 is 1.07 bits per heavy atom. The highest BCUT2D eigenvalue weighted by molar-refractivity contribution is 9.10. The molecule has 2 N–H and O–H groups in total. The SMILES string of the molecule is COc1cc(/C=N\NC(=O)Cc2csc(Nc3cccc(C(F)(F)F)c3)n2)cc(Br)c1OCc1cccc2ccccc12. The third kappa shape index (κ3) is 7.70. The molecule has 5 rings (SSSR count). The first-order valence-electron chi connectivity index (χ1n) is 12.9. The van der Waals surface area contributed by atoms with Crippen molar-refractivity contribution in [2.75, 3.05) is 12.4 Å². The van der Waals surface area contributed by atoms with Crippen LogP contribution in [0.1, 0.15) is 22.4 Å². The lowest BCUT2D eigenvalue weighted by Gasteiger charge is -2.14. The predicted octanol–water partition coefficient (Wildman–Crippen LogP) is 8.10. The van der Waals surface area contributed by atoms with E-state index in [0.29, 0.717) is 39.0 Å². The number of carbonyl (C=O) groups excluding carboxylic acids is 1. The first-order chi connectivity index (χ1) is 20.7. The van der Waals surface area contributed by atoms with Gasteiger partial charge in [-0.1, -0.05) is 48.5 Å². The summed E-state index contributed by atoms with van der Waals surface area (Å²) in [7, 11) is 1.54. The third-order valence-corrected chi connectivity index (χ3v) is 7.64. The summed E-state index contributed by atoms with van der Waals surface area (Å²) in [6.45, 7) is 0.341. The summed E-state index contributed by atoms with van der Waals surface area (Å²) in [6, 6.07) is 22.5. The molecule has 0 aliphatic rings. The molecule has 1 amide bonds. The van der Waals surface area contributed by atoms with Crippen molar-refractivity contribution in [2.45, 2.75) is 19.2 Å². The molecular formula is C31H24BrF3N4O3S. The van der Waals surface area contributed by atoms with Crippen LogP contribution in [0.15, 0.2) is 93.8 Å². The number of halogens is 4. The number of methoxy groups -OCH3 is 1. The van der Waals surface area contributed by atoms with Crippen molar-refractivity contribution in [3.05, 3.63) is 111 Å². The average molecular weight is 670 g/mol. The van der Waals surface area contributed by atoms with Crippen LogP contribution in [0.4, 0.5) is 24.0 Å². The maximum atomic E-state index is 13.0. The van der Waals surface area contributed by atoms with Crippen molar-refractivity contribution in [1.82, 2.24) is 10.4 Å². The lowest BCUT2D eigenvalue weighted by atomic mass is 10.1. The van der Waals surface area contributed by atoms with Crippen LogP contribution in [0.3, 0.4) is 0 Å². The molecular weight excluding hydrogens is 645 g/mol. The molecule has 0 saturated heterocycles. The standard InChI is InChI=1S/C31H24BrF3N4O3S/c1-41-27-13-19(12-26(32)29(27)42-17-21-8-4-7-20-6-2-3-11-25(20)21)16-36-39-28(40)15-24-18-43-30(38-24)37-23-10-5-9-22(14-23)31(33,34)35/h2-14,16,18H,15,17H2,1H3,(H,37,38)(H,39,40)/b36-16-. The van der Waals surface area contributed by atoms with Gasteiger partial charge in [0.25, 0.3) is 0 Å². The molecule has 220 valence electrons. The fourth-order valence-electron chi connectivity index (χ4n) is 4.25. The number of alkyl halides is 3. The van der Waals surface area contributed by atoms with Gasteiger partial charge in [-0.3, -0.25) is 4.79 Å². The van der Waals surface area contributed by atoms with Gasteiger partial charge < -0.3 is 14.8 Å². The van der Waals surface area contributed by atoms with E-state index in [2.05, 4.69) is 55.0 Å². The van der Waals surface area contributed by atoms with Crippen LogP contribution in [0, 0.1) is 0 Å². The molecule has 0 aliphatic carbocycles. The summed E-state index contributed by atoms with van der Waals surface area (Å²) >= 11 is 4.72. The number of fused-ring (bicyclic) bond motifs is 1. The highest BCUT2D eigenvalue weighted by Gasteiger charge is 2.30. The monoisotopic (exact) mass is 668 g/mol. The average Bonchev–Trinajstić information content (AvgIpc) is 3.42. The quantitative estimate of drug-likeness (QED) is 0.116. The number of hydrazone groups is 1. The zero-order chi connectivity index (χ0) is 30.4. The van der Waals surface area contributed by atoms with Gasteiger partial charge >= 0.3 is 6.18 Å². The fraction of sp³-hybridized carbons (Fsp3) is 0.129. The molecule has 1 aromatic heterocycles. The lowest BCUT2D eigenvalue weighted by Crippen LogP contribution is -2.20.